The molecule has 0 aliphatic heterocycles. The minimum atomic E-state index is -0.360. The van der Waals surface area contributed by atoms with Gasteiger partial charge in [0.05, 0.1) is 11.5 Å². The molecule has 1 unspecified atom stereocenters. The van der Waals surface area contributed by atoms with E-state index < -0.39 is 0 Å². The number of benzene rings is 2. The van der Waals surface area contributed by atoms with Crippen LogP contribution in [0.4, 0.5) is 0 Å². The van der Waals surface area contributed by atoms with Gasteiger partial charge in [-0.1, -0.05) is 88.2 Å². The first-order chi connectivity index (χ1) is 12.3. The SMILES string of the molecule is CC(NC(=O)C1(c2ccccc2)CCCC1)c1ccc(C(C)(C)C)cc1. The molecule has 3 rings (SSSR count). The molecule has 1 aliphatic rings. The quantitative estimate of drug-likeness (QED) is 0.756. The fraction of sp³-hybridized carbons (Fsp3) is 0.458. The highest BCUT2D eigenvalue weighted by Crippen LogP contribution is 2.41. The summed E-state index contributed by atoms with van der Waals surface area (Å²) >= 11 is 0. The van der Waals surface area contributed by atoms with Crippen LogP contribution in [0.25, 0.3) is 0 Å². The third-order valence-corrected chi connectivity index (χ3v) is 5.84. The van der Waals surface area contributed by atoms with Gasteiger partial charge in [0, 0.05) is 0 Å². The lowest BCUT2D eigenvalue weighted by Gasteiger charge is -2.30. The third kappa shape index (κ3) is 3.70. The summed E-state index contributed by atoms with van der Waals surface area (Å²) in [4.78, 5) is 13.3. The number of carbonyl (C=O) groups excluding carboxylic acids is 1. The van der Waals surface area contributed by atoms with Crippen molar-refractivity contribution in [1.82, 2.24) is 5.32 Å². The van der Waals surface area contributed by atoms with Crippen LogP contribution < -0.4 is 5.32 Å². The highest BCUT2D eigenvalue weighted by molar-refractivity contribution is 5.88. The van der Waals surface area contributed by atoms with Gasteiger partial charge in [-0.3, -0.25) is 4.79 Å². The van der Waals surface area contributed by atoms with E-state index in [-0.39, 0.29) is 22.8 Å². The largest absolute Gasteiger partial charge is 0.349 e. The van der Waals surface area contributed by atoms with E-state index in [0.717, 1.165) is 36.8 Å². The summed E-state index contributed by atoms with van der Waals surface area (Å²) < 4.78 is 0. The maximum absolute atomic E-state index is 13.3. The normalized spacial score (nSPS) is 17.7. The smallest absolute Gasteiger partial charge is 0.231 e. The molecule has 1 saturated carbocycles. The molecule has 1 atom stereocenters. The second-order valence-electron chi connectivity index (χ2n) is 8.72. The minimum Gasteiger partial charge on any atom is -0.349 e. The molecular weight excluding hydrogens is 318 g/mol. The van der Waals surface area contributed by atoms with E-state index in [1.165, 1.54) is 5.56 Å². The molecule has 1 fully saturated rings. The fourth-order valence-electron chi connectivity index (χ4n) is 4.07. The second kappa shape index (κ2) is 7.26. The van der Waals surface area contributed by atoms with E-state index in [1.807, 2.05) is 18.2 Å². The molecule has 0 bridgehead atoms. The molecular formula is C24H31NO. The molecule has 2 aromatic rings. The maximum Gasteiger partial charge on any atom is 0.231 e. The van der Waals surface area contributed by atoms with Crippen molar-refractivity contribution in [3.05, 3.63) is 71.3 Å². The molecule has 1 amide bonds. The van der Waals surface area contributed by atoms with E-state index in [4.69, 9.17) is 0 Å². The van der Waals surface area contributed by atoms with Crippen LogP contribution in [0.1, 0.15) is 76.1 Å². The number of rotatable bonds is 4. The Kier molecular flexibility index (Phi) is 5.22. The van der Waals surface area contributed by atoms with Crippen molar-refractivity contribution in [2.75, 3.05) is 0 Å². The van der Waals surface area contributed by atoms with Gasteiger partial charge in [0.2, 0.25) is 5.91 Å². The lowest BCUT2D eigenvalue weighted by Crippen LogP contribution is -2.43. The average Bonchev–Trinajstić information content (AvgIpc) is 3.13. The van der Waals surface area contributed by atoms with Gasteiger partial charge in [-0.25, -0.2) is 0 Å². The van der Waals surface area contributed by atoms with Crippen LogP contribution in [-0.2, 0) is 15.6 Å². The van der Waals surface area contributed by atoms with Crippen molar-refractivity contribution in [3.63, 3.8) is 0 Å². The van der Waals surface area contributed by atoms with Crippen molar-refractivity contribution in [2.45, 2.75) is 70.3 Å². The Morgan fingerprint density at radius 3 is 2.08 bits per heavy atom. The lowest BCUT2D eigenvalue weighted by atomic mass is 9.77. The standard InChI is InChI=1S/C24H31NO/c1-18(19-12-14-20(15-13-19)23(2,3)4)25-22(26)24(16-8-9-17-24)21-10-6-5-7-11-21/h5-7,10-15,18H,8-9,16-17H2,1-4H3,(H,25,26). The number of carbonyl (C=O) groups is 1. The summed E-state index contributed by atoms with van der Waals surface area (Å²) in [5.74, 6) is 0.175. The van der Waals surface area contributed by atoms with Crippen molar-refractivity contribution >= 4 is 5.91 Å². The van der Waals surface area contributed by atoms with E-state index in [1.54, 1.807) is 0 Å². The van der Waals surface area contributed by atoms with Crippen molar-refractivity contribution in [2.24, 2.45) is 0 Å². The van der Waals surface area contributed by atoms with E-state index in [0.29, 0.717) is 0 Å². The summed E-state index contributed by atoms with van der Waals surface area (Å²) in [6.07, 6.45) is 4.13. The summed E-state index contributed by atoms with van der Waals surface area (Å²) in [5.41, 5.74) is 3.42. The first-order valence-electron chi connectivity index (χ1n) is 9.80. The van der Waals surface area contributed by atoms with Gasteiger partial charge in [-0.2, -0.15) is 0 Å². The molecule has 2 aromatic carbocycles. The van der Waals surface area contributed by atoms with E-state index in [9.17, 15) is 4.79 Å². The third-order valence-electron chi connectivity index (χ3n) is 5.84. The van der Waals surface area contributed by atoms with Crippen LogP contribution in [0.3, 0.4) is 0 Å². The fourth-order valence-corrected chi connectivity index (χ4v) is 4.07. The van der Waals surface area contributed by atoms with Gasteiger partial charge < -0.3 is 5.32 Å². The van der Waals surface area contributed by atoms with Crippen LogP contribution in [0.5, 0.6) is 0 Å². The molecule has 0 spiro atoms. The van der Waals surface area contributed by atoms with Crippen molar-refractivity contribution in [3.8, 4) is 0 Å². The number of hydrogen-bond acceptors (Lipinski definition) is 1. The number of hydrogen-bond donors (Lipinski definition) is 1. The monoisotopic (exact) mass is 349 g/mol. The molecule has 1 aliphatic carbocycles. The van der Waals surface area contributed by atoms with Gasteiger partial charge in [0.1, 0.15) is 0 Å². The minimum absolute atomic E-state index is 0.0118. The van der Waals surface area contributed by atoms with E-state index in [2.05, 4.69) is 69.4 Å². The Morgan fingerprint density at radius 2 is 1.54 bits per heavy atom. The molecule has 2 heteroatoms. The molecule has 0 radical (unpaired) electrons. The van der Waals surface area contributed by atoms with Gasteiger partial charge >= 0.3 is 0 Å². The molecule has 26 heavy (non-hydrogen) atoms. The van der Waals surface area contributed by atoms with Gasteiger partial charge in [0.15, 0.2) is 0 Å². The number of nitrogens with one attached hydrogen (secondary N) is 1. The second-order valence-corrected chi connectivity index (χ2v) is 8.72. The molecule has 0 aromatic heterocycles. The van der Waals surface area contributed by atoms with Crippen LogP contribution in [0.15, 0.2) is 54.6 Å². The predicted molar refractivity (Wildman–Crippen MR) is 108 cm³/mol. The zero-order valence-electron chi connectivity index (χ0n) is 16.5. The Labute approximate surface area is 158 Å². The highest BCUT2D eigenvalue weighted by atomic mass is 16.2. The first kappa shape index (κ1) is 18.7. The van der Waals surface area contributed by atoms with Crippen LogP contribution in [-0.4, -0.2) is 5.91 Å². The summed E-state index contributed by atoms with van der Waals surface area (Å²) in [5, 5.41) is 3.30. The summed E-state index contributed by atoms with van der Waals surface area (Å²) in [6, 6.07) is 19.0. The molecule has 0 saturated heterocycles. The van der Waals surface area contributed by atoms with Gasteiger partial charge in [0.25, 0.3) is 0 Å². The molecule has 138 valence electrons. The van der Waals surface area contributed by atoms with Crippen LogP contribution in [0, 0.1) is 0 Å². The Balaban J connectivity index is 1.78. The van der Waals surface area contributed by atoms with Gasteiger partial charge in [-0.05, 0) is 41.9 Å². The Hall–Kier alpha value is -2.09. The number of amides is 1. The lowest BCUT2D eigenvalue weighted by molar-refractivity contribution is -0.127. The van der Waals surface area contributed by atoms with Crippen LogP contribution in [0.2, 0.25) is 0 Å². The first-order valence-corrected chi connectivity index (χ1v) is 9.80. The molecule has 1 N–H and O–H groups in total. The van der Waals surface area contributed by atoms with Crippen molar-refractivity contribution < 1.29 is 4.79 Å². The zero-order valence-corrected chi connectivity index (χ0v) is 16.5. The summed E-state index contributed by atoms with van der Waals surface area (Å²) in [6.45, 7) is 8.74. The maximum atomic E-state index is 13.3. The Morgan fingerprint density at radius 1 is 0.962 bits per heavy atom. The van der Waals surface area contributed by atoms with Crippen LogP contribution >= 0.6 is 0 Å². The highest BCUT2D eigenvalue weighted by Gasteiger charge is 2.42. The molecule has 2 nitrogen and oxygen atoms in total. The average molecular weight is 350 g/mol. The predicted octanol–water partition coefficient (Wildman–Crippen LogP) is 5.67. The Bertz CT molecular complexity index is 734. The van der Waals surface area contributed by atoms with Crippen molar-refractivity contribution in [1.29, 1.82) is 0 Å². The summed E-state index contributed by atoms with van der Waals surface area (Å²) in [7, 11) is 0. The zero-order chi connectivity index (χ0) is 18.8. The van der Waals surface area contributed by atoms with E-state index >= 15 is 0 Å². The van der Waals surface area contributed by atoms with Gasteiger partial charge in [-0.15, -0.1) is 0 Å². The topological polar surface area (TPSA) is 29.1 Å². The molecule has 0 heterocycles.